The van der Waals surface area contributed by atoms with Crippen molar-refractivity contribution in [2.24, 2.45) is 5.73 Å². The number of carboxylic acids is 1. The van der Waals surface area contributed by atoms with E-state index in [0.29, 0.717) is 38.0 Å². The van der Waals surface area contributed by atoms with Gasteiger partial charge in [-0.2, -0.15) is 0 Å². The summed E-state index contributed by atoms with van der Waals surface area (Å²) in [5, 5.41) is 37.2. The Labute approximate surface area is 129 Å². The van der Waals surface area contributed by atoms with E-state index >= 15 is 0 Å². The number of halogens is 1. The molecule has 1 aromatic rings. The molecular formula is C10H21BClN5O4. The number of aliphatic carboxylic acids is 1. The molecule has 0 bridgehead atoms. The number of nitrogens with two attached hydrogens (primary N) is 1. The molecule has 120 valence electrons. The van der Waals surface area contributed by atoms with Crippen LogP contribution >= 0.6 is 12.4 Å². The summed E-state index contributed by atoms with van der Waals surface area (Å²) in [6.45, 7) is 0.414. The third kappa shape index (κ3) is 7.95. The fourth-order valence-corrected chi connectivity index (χ4v) is 1.84. The molecule has 9 nitrogen and oxygen atoms in total. The van der Waals surface area contributed by atoms with Crippen LogP contribution in [0.5, 0.6) is 0 Å². The Hall–Kier alpha value is -1.23. The van der Waals surface area contributed by atoms with Gasteiger partial charge in [-0.05, 0) is 29.6 Å². The zero-order valence-electron chi connectivity index (χ0n) is 11.6. The topological polar surface area (TPSA) is 147 Å². The lowest BCUT2D eigenvalue weighted by Gasteiger charge is -2.11. The first-order valence-electron chi connectivity index (χ1n) is 6.60. The van der Waals surface area contributed by atoms with Crippen LogP contribution in [0.3, 0.4) is 0 Å². The molecule has 1 rings (SSSR count). The van der Waals surface area contributed by atoms with E-state index in [4.69, 9.17) is 20.9 Å². The van der Waals surface area contributed by atoms with Gasteiger partial charge in [-0.3, -0.25) is 4.79 Å². The number of aromatic nitrogens is 4. The molecule has 11 heteroatoms. The SMILES string of the molecule is Cl.NC(CCCCB(O)O)c1nnnn1CCCC(=O)O. The van der Waals surface area contributed by atoms with E-state index < -0.39 is 13.1 Å². The van der Waals surface area contributed by atoms with E-state index in [1.54, 1.807) is 0 Å². The molecule has 0 aliphatic carbocycles. The van der Waals surface area contributed by atoms with E-state index in [1.807, 2.05) is 0 Å². The summed E-state index contributed by atoms with van der Waals surface area (Å²) in [5.41, 5.74) is 5.98. The molecule has 1 heterocycles. The van der Waals surface area contributed by atoms with Gasteiger partial charge in [0, 0.05) is 13.0 Å². The Bertz CT molecular complexity index is 420. The van der Waals surface area contributed by atoms with Crippen molar-refractivity contribution < 1.29 is 19.9 Å². The Balaban J connectivity index is 0.00000400. The summed E-state index contributed by atoms with van der Waals surface area (Å²) in [5.74, 6) is -0.327. The summed E-state index contributed by atoms with van der Waals surface area (Å²) in [4.78, 5) is 10.4. The van der Waals surface area contributed by atoms with Crippen molar-refractivity contribution in [3.63, 3.8) is 0 Å². The lowest BCUT2D eigenvalue weighted by Crippen LogP contribution is -2.18. The molecular weight excluding hydrogens is 300 g/mol. The molecule has 0 aliphatic heterocycles. The number of hydrogen-bond donors (Lipinski definition) is 4. The van der Waals surface area contributed by atoms with E-state index in [-0.39, 0.29) is 24.9 Å². The van der Waals surface area contributed by atoms with E-state index in [9.17, 15) is 4.79 Å². The molecule has 1 aromatic heterocycles. The van der Waals surface area contributed by atoms with Gasteiger partial charge in [-0.15, -0.1) is 17.5 Å². The predicted molar refractivity (Wildman–Crippen MR) is 77.7 cm³/mol. The highest BCUT2D eigenvalue weighted by atomic mass is 35.5. The van der Waals surface area contributed by atoms with Gasteiger partial charge in [0.1, 0.15) is 0 Å². The molecule has 21 heavy (non-hydrogen) atoms. The van der Waals surface area contributed by atoms with Crippen LogP contribution in [-0.4, -0.2) is 48.4 Å². The average molecular weight is 322 g/mol. The fourth-order valence-electron chi connectivity index (χ4n) is 1.84. The predicted octanol–water partition coefficient (Wildman–Crippen LogP) is -0.397. The minimum Gasteiger partial charge on any atom is -0.481 e. The van der Waals surface area contributed by atoms with Gasteiger partial charge >= 0.3 is 13.1 Å². The molecule has 0 radical (unpaired) electrons. The molecule has 1 unspecified atom stereocenters. The molecule has 0 aliphatic rings. The van der Waals surface area contributed by atoms with Crippen LogP contribution in [0.15, 0.2) is 0 Å². The number of hydrogen-bond acceptors (Lipinski definition) is 7. The highest BCUT2D eigenvalue weighted by Crippen LogP contribution is 2.15. The maximum Gasteiger partial charge on any atom is 0.451 e. The molecule has 5 N–H and O–H groups in total. The van der Waals surface area contributed by atoms with Crippen LogP contribution in [0, 0.1) is 0 Å². The quantitative estimate of drug-likeness (QED) is 0.336. The second-order valence-corrected chi connectivity index (χ2v) is 4.63. The lowest BCUT2D eigenvalue weighted by atomic mass is 9.83. The van der Waals surface area contributed by atoms with Crippen LogP contribution in [0.2, 0.25) is 6.32 Å². The van der Waals surface area contributed by atoms with Crippen molar-refractivity contribution in [3.8, 4) is 0 Å². The van der Waals surface area contributed by atoms with Crippen LogP contribution < -0.4 is 5.73 Å². The standard InChI is InChI=1S/C10H20BN5O4.ClH/c12-8(4-1-2-6-11(19)20)10-13-14-15-16(10)7-3-5-9(17)18;/h8,19-20H,1-7,12H2,(H,17,18);1H. The number of rotatable bonds is 10. The van der Waals surface area contributed by atoms with Crippen LogP contribution in [-0.2, 0) is 11.3 Å². The number of unbranched alkanes of at least 4 members (excludes halogenated alkanes) is 1. The van der Waals surface area contributed by atoms with Crippen molar-refractivity contribution in [2.45, 2.75) is 51.0 Å². The van der Waals surface area contributed by atoms with E-state index in [1.165, 1.54) is 4.68 Å². The summed E-state index contributed by atoms with van der Waals surface area (Å²) in [6.07, 6.45) is 2.84. The summed E-state index contributed by atoms with van der Waals surface area (Å²) in [6, 6.07) is -0.342. The van der Waals surface area contributed by atoms with Crippen LogP contribution in [0.4, 0.5) is 0 Å². The van der Waals surface area contributed by atoms with Gasteiger partial charge in [-0.1, -0.05) is 12.8 Å². The highest BCUT2D eigenvalue weighted by molar-refractivity contribution is 6.40. The van der Waals surface area contributed by atoms with Crippen molar-refractivity contribution in [3.05, 3.63) is 5.82 Å². The monoisotopic (exact) mass is 321 g/mol. The van der Waals surface area contributed by atoms with Crippen molar-refractivity contribution >= 4 is 25.5 Å². The first-order chi connectivity index (χ1) is 9.50. The van der Waals surface area contributed by atoms with Crippen LogP contribution in [0.25, 0.3) is 0 Å². The number of tetrazole rings is 1. The van der Waals surface area contributed by atoms with Crippen molar-refractivity contribution in [1.82, 2.24) is 20.2 Å². The molecule has 0 aromatic carbocycles. The van der Waals surface area contributed by atoms with Crippen molar-refractivity contribution in [2.75, 3.05) is 0 Å². The maximum atomic E-state index is 10.4. The average Bonchev–Trinajstić information content (AvgIpc) is 2.82. The smallest absolute Gasteiger partial charge is 0.451 e. The molecule has 0 amide bonds. The molecule has 0 saturated heterocycles. The number of aryl methyl sites for hydroxylation is 1. The summed E-state index contributed by atoms with van der Waals surface area (Å²) < 4.78 is 1.52. The van der Waals surface area contributed by atoms with Gasteiger partial charge in [0.15, 0.2) is 5.82 Å². The first kappa shape index (κ1) is 19.8. The number of nitrogens with zero attached hydrogens (tertiary/aromatic N) is 4. The minimum absolute atomic E-state index is 0. The molecule has 1 atom stereocenters. The fraction of sp³-hybridized carbons (Fsp3) is 0.800. The lowest BCUT2D eigenvalue weighted by molar-refractivity contribution is -0.137. The Kier molecular flexibility index (Phi) is 9.88. The number of carbonyl (C=O) groups is 1. The zero-order valence-corrected chi connectivity index (χ0v) is 12.4. The Morgan fingerprint density at radius 2 is 2.05 bits per heavy atom. The Morgan fingerprint density at radius 3 is 2.67 bits per heavy atom. The normalized spacial score (nSPS) is 11.8. The zero-order chi connectivity index (χ0) is 15.0. The van der Waals surface area contributed by atoms with E-state index in [0.717, 1.165) is 6.42 Å². The second kappa shape index (κ2) is 10.5. The van der Waals surface area contributed by atoms with Gasteiger partial charge in [0.2, 0.25) is 0 Å². The van der Waals surface area contributed by atoms with E-state index in [2.05, 4.69) is 15.5 Å². The van der Waals surface area contributed by atoms with Gasteiger partial charge in [-0.25, -0.2) is 4.68 Å². The molecule has 0 spiro atoms. The first-order valence-corrected chi connectivity index (χ1v) is 6.60. The third-order valence-electron chi connectivity index (χ3n) is 2.88. The second-order valence-electron chi connectivity index (χ2n) is 4.63. The van der Waals surface area contributed by atoms with Crippen LogP contribution in [0.1, 0.15) is 44.0 Å². The van der Waals surface area contributed by atoms with Gasteiger partial charge < -0.3 is 20.9 Å². The Morgan fingerprint density at radius 1 is 1.33 bits per heavy atom. The van der Waals surface area contributed by atoms with Gasteiger partial charge in [0.05, 0.1) is 6.04 Å². The highest BCUT2D eigenvalue weighted by Gasteiger charge is 2.15. The maximum absolute atomic E-state index is 10.4. The number of carboxylic acid groups (broad SMARTS) is 1. The molecule has 0 fully saturated rings. The third-order valence-corrected chi connectivity index (χ3v) is 2.88. The van der Waals surface area contributed by atoms with Gasteiger partial charge in [0.25, 0.3) is 0 Å². The largest absolute Gasteiger partial charge is 0.481 e. The molecule has 0 saturated carbocycles. The van der Waals surface area contributed by atoms with Crippen molar-refractivity contribution in [1.29, 1.82) is 0 Å². The minimum atomic E-state index is -1.28. The summed E-state index contributed by atoms with van der Waals surface area (Å²) in [7, 11) is -1.28. The summed E-state index contributed by atoms with van der Waals surface area (Å²) >= 11 is 0.